The van der Waals surface area contributed by atoms with E-state index in [0.717, 1.165) is 37.7 Å². The van der Waals surface area contributed by atoms with Gasteiger partial charge in [-0.3, -0.25) is 4.99 Å². The Labute approximate surface area is 185 Å². The number of oxazole rings is 1. The second kappa shape index (κ2) is 10.1. The summed E-state index contributed by atoms with van der Waals surface area (Å²) < 4.78 is 5.83. The maximum Gasteiger partial charge on any atom is 0.213 e. The predicted molar refractivity (Wildman–Crippen MR) is 126 cm³/mol. The fraction of sp³-hybridized carbons (Fsp3) is 0.524. The van der Waals surface area contributed by atoms with Gasteiger partial charge in [-0.1, -0.05) is 39.0 Å². The summed E-state index contributed by atoms with van der Waals surface area (Å²) in [4.78, 5) is 11.1. The molecule has 28 heavy (non-hydrogen) atoms. The molecule has 1 aromatic carbocycles. The highest BCUT2D eigenvalue weighted by Crippen LogP contribution is 2.22. The smallest absolute Gasteiger partial charge is 0.213 e. The van der Waals surface area contributed by atoms with Gasteiger partial charge in [-0.2, -0.15) is 0 Å². The van der Waals surface area contributed by atoms with Gasteiger partial charge in [0.15, 0.2) is 5.96 Å². The zero-order chi connectivity index (χ0) is 19.3. The fourth-order valence-corrected chi connectivity index (χ4v) is 3.21. The van der Waals surface area contributed by atoms with Gasteiger partial charge < -0.3 is 20.0 Å². The van der Waals surface area contributed by atoms with Gasteiger partial charge in [0.1, 0.15) is 5.76 Å². The molecule has 6 nitrogen and oxygen atoms in total. The number of nitrogens with one attached hydrogen (secondary N) is 2. The Morgan fingerprint density at radius 2 is 1.89 bits per heavy atom. The Morgan fingerprint density at radius 1 is 1.21 bits per heavy atom. The minimum atomic E-state index is -0.0299. The van der Waals surface area contributed by atoms with Crippen LogP contribution in [0.3, 0.4) is 0 Å². The molecule has 154 valence electrons. The Hall–Kier alpha value is -1.77. The molecule has 7 heteroatoms. The molecule has 2 aromatic rings. The maximum absolute atomic E-state index is 5.83. The lowest BCUT2D eigenvalue weighted by Gasteiger charge is -2.34. The molecule has 2 N–H and O–H groups in total. The van der Waals surface area contributed by atoms with Gasteiger partial charge in [0.2, 0.25) is 5.89 Å². The topological polar surface area (TPSA) is 65.7 Å². The number of aromatic nitrogens is 1. The minimum Gasteiger partial charge on any atom is -0.443 e. The van der Waals surface area contributed by atoms with Crippen LogP contribution in [0, 0.1) is 0 Å². The van der Waals surface area contributed by atoms with Crippen molar-refractivity contribution in [1.82, 2.24) is 15.6 Å². The summed E-state index contributed by atoms with van der Waals surface area (Å²) in [5.41, 5.74) is 1.27. The maximum atomic E-state index is 5.83. The third-order valence-electron chi connectivity index (χ3n) is 4.88. The van der Waals surface area contributed by atoms with Gasteiger partial charge >= 0.3 is 0 Å². The molecule has 3 rings (SSSR count). The van der Waals surface area contributed by atoms with Crippen molar-refractivity contribution < 1.29 is 4.42 Å². The van der Waals surface area contributed by atoms with Crippen molar-refractivity contribution in [2.45, 2.75) is 51.6 Å². The third kappa shape index (κ3) is 6.12. The monoisotopic (exact) mass is 497 g/mol. The van der Waals surface area contributed by atoms with Crippen LogP contribution in [-0.2, 0) is 12.0 Å². The number of para-hydroxylation sites is 1. The minimum absolute atomic E-state index is 0. The Bertz CT molecular complexity index is 746. The third-order valence-corrected chi connectivity index (χ3v) is 4.88. The quantitative estimate of drug-likeness (QED) is 0.381. The van der Waals surface area contributed by atoms with Crippen LogP contribution >= 0.6 is 24.0 Å². The van der Waals surface area contributed by atoms with E-state index < -0.39 is 0 Å². The van der Waals surface area contributed by atoms with Crippen LogP contribution in [0.2, 0.25) is 0 Å². The van der Waals surface area contributed by atoms with Gasteiger partial charge in [0, 0.05) is 37.3 Å². The molecular formula is C21H32IN5O. The zero-order valence-electron chi connectivity index (χ0n) is 17.2. The van der Waals surface area contributed by atoms with Crippen molar-refractivity contribution in [3.8, 4) is 0 Å². The number of guanidine groups is 1. The lowest BCUT2D eigenvalue weighted by molar-refractivity contribution is 0.379. The number of benzene rings is 1. The van der Waals surface area contributed by atoms with Gasteiger partial charge in [0.25, 0.3) is 0 Å². The van der Waals surface area contributed by atoms with Gasteiger partial charge in [-0.25, -0.2) is 4.98 Å². The highest BCUT2D eigenvalue weighted by atomic mass is 127. The number of rotatable bonds is 4. The molecule has 1 aromatic heterocycles. The van der Waals surface area contributed by atoms with E-state index in [2.05, 4.69) is 76.6 Å². The Kier molecular flexibility index (Phi) is 8.15. The molecule has 2 heterocycles. The molecule has 1 fully saturated rings. The number of nitrogens with zero attached hydrogens (tertiary/aromatic N) is 3. The molecule has 1 saturated heterocycles. The van der Waals surface area contributed by atoms with Crippen LogP contribution in [-0.4, -0.2) is 37.1 Å². The van der Waals surface area contributed by atoms with E-state index in [0.29, 0.717) is 18.5 Å². The second-order valence-electron chi connectivity index (χ2n) is 8.04. The first-order valence-electron chi connectivity index (χ1n) is 9.68. The largest absolute Gasteiger partial charge is 0.443 e. The van der Waals surface area contributed by atoms with Crippen molar-refractivity contribution >= 4 is 35.6 Å². The van der Waals surface area contributed by atoms with Crippen molar-refractivity contribution in [2.75, 3.05) is 25.0 Å². The Balaban J connectivity index is 0.00000280. The average molecular weight is 497 g/mol. The molecule has 0 atom stereocenters. The van der Waals surface area contributed by atoms with E-state index in [1.165, 1.54) is 5.69 Å². The number of anilines is 1. The second-order valence-corrected chi connectivity index (χ2v) is 8.04. The number of aliphatic imine (C=N–C) groups is 1. The number of hydrogen-bond acceptors (Lipinski definition) is 4. The SMILES string of the molecule is CN=C(NCc1ncc(C(C)(C)C)o1)NC1CCN(c2ccccc2)CC1.I. The van der Waals surface area contributed by atoms with Crippen LogP contribution in [0.5, 0.6) is 0 Å². The van der Waals surface area contributed by atoms with E-state index in [9.17, 15) is 0 Å². The van der Waals surface area contributed by atoms with Crippen LogP contribution < -0.4 is 15.5 Å². The standard InChI is InChI=1S/C21H31N5O.HI/c1-21(2,3)18-14-23-19(27-18)15-24-20(22-4)25-16-10-12-26(13-11-16)17-8-6-5-7-9-17;/h5-9,14,16H,10-13,15H2,1-4H3,(H2,22,24,25);1H. The molecule has 0 spiro atoms. The molecule has 0 amide bonds. The van der Waals surface area contributed by atoms with E-state index >= 15 is 0 Å². The molecule has 0 unspecified atom stereocenters. The van der Waals surface area contributed by atoms with E-state index in [-0.39, 0.29) is 29.4 Å². The van der Waals surface area contributed by atoms with Crippen LogP contribution in [0.15, 0.2) is 45.9 Å². The summed E-state index contributed by atoms with van der Waals surface area (Å²) in [6.45, 7) is 8.98. The van der Waals surface area contributed by atoms with Crippen LogP contribution in [0.25, 0.3) is 0 Å². The highest BCUT2D eigenvalue weighted by Gasteiger charge is 2.21. The van der Waals surface area contributed by atoms with Crippen molar-refractivity contribution in [2.24, 2.45) is 4.99 Å². The van der Waals surface area contributed by atoms with Gasteiger partial charge in [-0.15, -0.1) is 24.0 Å². The summed E-state index contributed by atoms with van der Waals surface area (Å²) in [7, 11) is 1.80. The van der Waals surface area contributed by atoms with Crippen molar-refractivity contribution in [1.29, 1.82) is 0 Å². The first-order chi connectivity index (χ1) is 13.0. The Morgan fingerprint density at radius 3 is 2.46 bits per heavy atom. The lowest BCUT2D eigenvalue weighted by Crippen LogP contribution is -2.48. The first-order valence-corrected chi connectivity index (χ1v) is 9.68. The predicted octanol–water partition coefficient (Wildman–Crippen LogP) is 3.92. The summed E-state index contributed by atoms with van der Waals surface area (Å²) >= 11 is 0. The summed E-state index contributed by atoms with van der Waals surface area (Å²) in [5.74, 6) is 2.38. The van der Waals surface area contributed by atoms with E-state index in [4.69, 9.17) is 4.42 Å². The molecule has 0 saturated carbocycles. The lowest BCUT2D eigenvalue weighted by atomic mass is 9.94. The van der Waals surface area contributed by atoms with Crippen molar-refractivity contribution in [3.05, 3.63) is 48.2 Å². The first kappa shape index (κ1) is 22.5. The van der Waals surface area contributed by atoms with Crippen LogP contribution in [0.1, 0.15) is 45.3 Å². The van der Waals surface area contributed by atoms with Gasteiger partial charge in [-0.05, 0) is 25.0 Å². The van der Waals surface area contributed by atoms with Gasteiger partial charge in [0.05, 0.1) is 12.7 Å². The molecule has 0 radical (unpaired) electrons. The average Bonchev–Trinajstić information content (AvgIpc) is 3.16. The van der Waals surface area contributed by atoms with Crippen molar-refractivity contribution in [3.63, 3.8) is 0 Å². The number of piperidine rings is 1. The highest BCUT2D eigenvalue weighted by molar-refractivity contribution is 14.0. The van der Waals surface area contributed by atoms with E-state index in [1.54, 1.807) is 7.05 Å². The zero-order valence-corrected chi connectivity index (χ0v) is 19.6. The summed E-state index contributed by atoms with van der Waals surface area (Å²) in [6, 6.07) is 11.0. The number of hydrogen-bond donors (Lipinski definition) is 2. The van der Waals surface area contributed by atoms with Crippen LogP contribution in [0.4, 0.5) is 5.69 Å². The molecule has 1 aliphatic rings. The number of halogens is 1. The molecule has 1 aliphatic heterocycles. The molecule has 0 aliphatic carbocycles. The summed E-state index contributed by atoms with van der Waals surface area (Å²) in [5, 5.41) is 6.84. The molecule has 0 bridgehead atoms. The fourth-order valence-electron chi connectivity index (χ4n) is 3.21. The van der Waals surface area contributed by atoms with E-state index in [1.807, 2.05) is 6.20 Å². The normalized spacial score (nSPS) is 15.9. The summed E-state index contributed by atoms with van der Waals surface area (Å²) in [6.07, 6.45) is 3.98. The molecular weight excluding hydrogens is 465 g/mol.